The van der Waals surface area contributed by atoms with E-state index in [0.29, 0.717) is 35.7 Å². The van der Waals surface area contributed by atoms with E-state index >= 15 is 0 Å². The Hall–Kier alpha value is -3.00. The number of hydrogen-bond donors (Lipinski definition) is 1. The molecule has 4 rings (SSSR count). The summed E-state index contributed by atoms with van der Waals surface area (Å²) in [6.07, 6.45) is 0.770. The number of carbonyl (C=O) groups excluding carboxylic acids is 1. The Labute approximate surface area is 165 Å². The van der Waals surface area contributed by atoms with Gasteiger partial charge in [0.05, 0.1) is 5.52 Å². The van der Waals surface area contributed by atoms with E-state index in [4.69, 9.17) is 0 Å². The van der Waals surface area contributed by atoms with Crippen LogP contribution in [0, 0.1) is 0 Å². The summed E-state index contributed by atoms with van der Waals surface area (Å²) in [5.74, 6) is 1.40. The van der Waals surface area contributed by atoms with Crippen molar-refractivity contribution >= 4 is 33.2 Å². The van der Waals surface area contributed by atoms with E-state index in [2.05, 4.69) is 34.6 Å². The van der Waals surface area contributed by atoms with Crippen molar-refractivity contribution < 1.29 is 4.79 Å². The zero-order valence-electron chi connectivity index (χ0n) is 15.8. The highest BCUT2D eigenvalue weighted by atomic mass is 32.1. The molecule has 1 N–H and O–H groups in total. The molecule has 7 nitrogen and oxygen atoms in total. The van der Waals surface area contributed by atoms with Gasteiger partial charge in [0, 0.05) is 26.4 Å². The third-order valence-electron chi connectivity index (χ3n) is 4.95. The Kier molecular flexibility index (Phi) is 4.95. The van der Waals surface area contributed by atoms with Gasteiger partial charge in [-0.25, -0.2) is 0 Å². The third kappa shape index (κ3) is 3.31. The lowest BCUT2D eigenvalue weighted by Gasteiger charge is -2.13. The molecule has 0 saturated carbocycles. The van der Waals surface area contributed by atoms with Gasteiger partial charge in [-0.2, -0.15) is 0 Å². The number of hydrogen-bond acceptors (Lipinski definition) is 5. The van der Waals surface area contributed by atoms with Gasteiger partial charge in [-0.15, -0.1) is 21.5 Å². The fourth-order valence-electron chi connectivity index (χ4n) is 3.29. The molecule has 0 aliphatic carbocycles. The third-order valence-corrected chi connectivity index (χ3v) is 5.84. The molecule has 3 aromatic heterocycles. The van der Waals surface area contributed by atoms with E-state index in [1.807, 2.05) is 34.0 Å². The minimum atomic E-state index is -0.0795. The minimum Gasteiger partial charge on any atom is -0.355 e. The SMILES string of the molecule is C[C@H](CNC(=O)CCc1nnc2n(C)c(=O)c3sccc3n12)c1ccccc1. The van der Waals surface area contributed by atoms with Gasteiger partial charge in [0.1, 0.15) is 10.5 Å². The van der Waals surface area contributed by atoms with Gasteiger partial charge in [-0.05, 0) is 22.9 Å². The minimum absolute atomic E-state index is 0.0223. The lowest BCUT2D eigenvalue weighted by Crippen LogP contribution is -2.28. The summed E-state index contributed by atoms with van der Waals surface area (Å²) in [4.78, 5) is 24.7. The molecule has 8 heteroatoms. The summed E-state index contributed by atoms with van der Waals surface area (Å²) in [7, 11) is 1.69. The molecule has 0 radical (unpaired) electrons. The summed E-state index contributed by atoms with van der Waals surface area (Å²) in [6, 6.07) is 12.0. The van der Waals surface area contributed by atoms with Crippen LogP contribution in [0.25, 0.3) is 16.0 Å². The maximum absolute atomic E-state index is 12.4. The fourth-order valence-corrected chi connectivity index (χ4v) is 4.15. The van der Waals surface area contributed by atoms with Crippen molar-refractivity contribution in [3.63, 3.8) is 0 Å². The van der Waals surface area contributed by atoms with Crippen molar-refractivity contribution in [2.45, 2.75) is 25.7 Å². The predicted molar refractivity (Wildman–Crippen MR) is 110 cm³/mol. The quantitative estimate of drug-likeness (QED) is 0.544. The Bertz CT molecular complexity index is 1190. The molecule has 1 amide bonds. The van der Waals surface area contributed by atoms with Gasteiger partial charge < -0.3 is 5.32 Å². The van der Waals surface area contributed by atoms with E-state index in [-0.39, 0.29) is 17.4 Å². The van der Waals surface area contributed by atoms with E-state index in [1.165, 1.54) is 21.5 Å². The van der Waals surface area contributed by atoms with Crippen LogP contribution in [0.4, 0.5) is 0 Å². The normalized spacial score (nSPS) is 12.5. The van der Waals surface area contributed by atoms with Crippen LogP contribution in [0.5, 0.6) is 0 Å². The molecule has 4 aromatic rings. The Morgan fingerprint density at radius 1 is 1.21 bits per heavy atom. The highest BCUT2D eigenvalue weighted by Gasteiger charge is 2.16. The number of nitrogens with one attached hydrogen (secondary N) is 1. The van der Waals surface area contributed by atoms with Crippen LogP contribution < -0.4 is 10.9 Å². The molecule has 28 heavy (non-hydrogen) atoms. The lowest BCUT2D eigenvalue weighted by molar-refractivity contribution is -0.121. The van der Waals surface area contributed by atoms with E-state index < -0.39 is 0 Å². The highest BCUT2D eigenvalue weighted by Crippen LogP contribution is 2.19. The molecular weight excluding hydrogens is 374 g/mol. The molecule has 0 unspecified atom stereocenters. The molecule has 144 valence electrons. The Morgan fingerprint density at radius 2 is 2.00 bits per heavy atom. The summed E-state index contributed by atoms with van der Waals surface area (Å²) in [5, 5.41) is 13.2. The van der Waals surface area contributed by atoms with Gasteiger partial charge in [0.15, 0.2) is 0 Å². The zero-order valence-corrected chi connectivity index (χ0v) is 16.6. The first-order valence-electron chi connectivity index (χ1n) is 9.18. The van der Waals surface area contributed by atoms with Crippen molar-refractivity contribution in [1.82, 2.24) is 24.5 Å². The number of rotatable bonds is 6. The van der Waals surface area contributed by atoms with Gasteiger partial charge in [-0.3, -0.25) is 18.6 Å². The first kappa shape index (κ1) is 18.4. The van der Waals surface area contributed by atoms with Crippen LogP contribution >= 0.6 is 11.3 Å². The molecule has 1 aromatic carbocycles. The maximum atomic E-state index is 12.4. The molecule has 0 aliphatic heterocycles. The van der Waals surface area contributed by atoms with E-state index in [9.17, 15) is 9.59 Å². The maximum Gasteiger partial charge on any atom is 0.272 e. The summed E-state index contributed by atoms with van der Waals surface area (Å²) in [5.41, 5.74) is 1.91. The van der Waals surface area contributed by atoms with Gasteiger partial charge >= 0.3 is 0 Å². The van der Waals surface area contributed by atoms with Crippen LogP contribution in [-0.2, 0) is 18.3 Å². The van der Waals surface area contributed by atoms with Crippen molar-refractivity contribution in [3.8, 4) is 0 Å². The molecule has 3 heterocycles. The second-order valence-corrected chi connectivity index (χ2v) is 7.78. The van der Waals surface area contributed by atoms with Crippen molar-refractivity contribution in [2.75, 3.05) is 6.54 Å². The lowest BCUT2D eigenvalue weighted by atomic mass is 10.0. The molecule has 1 atom stereocenters. The van der Waals surface area contributed by atoms with Crippen LogP contribution in [-0.4, -0.2) is 31.6 Å². The summed E-state index contributed by atoms with van der Waals surface area (Å²) < 4.78 is 4.03. The molecule has 0 fully saturated rings. The Balaban J connectivity index is 1.46. The second kappa shape index (κ2) is 7.55. The second-order valence-electron chi connectivity index (χ2n) is 6.87. The van der Waals surface area contributed by atoms with Gasteiger partial charge in [-0.1, -0.05) is 37.3 Å². The fraction of sp³-hybridized carbons (Fsp3) is 0.300. The predicted octanol–water partition coefficient (Wildman–Crippen LogP) is 2.50. The number of amides is 1. The van der Waals surface area contributed by atoms with E-state index in [0.717, 1.165) is 5.52 Å². The zero-order chi connectivity index (χ0) is 19.7. The number of benzene rings is 1. The van der Waals surface area contributed by atoms with Gasteiger partial charge in [0.2, 0.25) is 11.7 Å². The standard InChI is InChI=1S/C20H21N5O2S/c1-13(14-6-4-3-5-7-14)12-21-17(26)9-8-16-22-23-20-24(2)19(27)18-15(25(16)20)10-11-28-18/h3-7,10-11,13H,8-9,12H2,1-2H3,(H,21,26)/t13-/m1/s1. The summed E-state index contributed by atoms with van der Waals surface area (Å²) >= 11 is 1.40. The highest BCUT2D eigenvalue weighted by molar-refractivity contribution is 7.17. The van der Waals surface area contributed by atoms with Crippen molar-refractivity contribution in [2.24, 2.45) is 7.05 Å². The average Bonchev–Trinajstić information content (AvgIpc) is 3.36. The molecule has 0 bridgehead atoms. The number of nitrogens with zero attached hydrogens (tertiary/aromatic N) is 4. The van der Waals surface area contributed by atoms with E-state index in [1.54, 1.807) is 7.05 Å². The van der Waals surface area contributed by atoms with Crippen LogP contribution in [0.2, 0.25) is 0 Å². The molecule has 0 spiro atoms. The first-order valence-corrected chi connectivity index (χ1v) is 10.1. The average molecular weight is 395 g/mol. The monoisotopic (exact) mass is 395 g/mol. The molecule has 0 saturated heterocycles. The van der Waals surface area contributed by atoms with Crippen molar-refractivity contribution in [3.05, 3.63) is 63.5 Å². The van der Waals surface area contributed by atoms with Gasteiger partial charge in [0.25, 0.3) is 5.56 Å². The smallest absolute Gasteiger partial charge is 0.272 e. The number of thiophene rings is 1. The topological polar surface area (TPSA) is 81.3 Å². The van der Waals surface area contributed by atoms with Crippen LogP contribution in [0.3, 0.4) is 0 Å². The number of aromatic nitrogens is 4. The van der Waals surface area contributed by atoms with Crippen molar-refractivity contribution in [1.29, 1.82) is 0 Å². The number of fused-ring (bicyclic) bond motifs is 3. The Morgan fingerprint density at radius 3 is 2.79 bits per heavy atom. The number of aryl methyl sites for hydroxylation is 2. The number of carbonyl (C=O) groups is 1. The molecule has 0 aliphatic rings. The largest absolute Gasteiger partial charge is 0.355 e. The molecular formula is C20H21N5O2S. The van der Waals surface area contributed by atoms with Crippen LogP contribution in [0.15, 0.2) is 46.6 Å². The summed E-state index contributed by atoms with van der Waals surface area (Å²) in [6.45, 7) is 2.68. The first-order chi connectivity index (χ1) is 13.6. The van der Waals surface area contributed by atoms with Crippen LogP contribution in [0.1, 0.15) is 30.7 Å².